The summed E-state index contributed by atoms with van der Waals surface area (Å²) in [6.45, 7) is 0. The molecule has 2 radical (unpaired) electrons. The number of phenols is 1. The number of hydrogen-bond donors (Lipinski definition) is 7. The molecule has 0 unspecified atom stereocenters. The molecule has 24 heteroatoms. The summed E-state index contributed by atoms with van der Waals surface area (Å²) in [7, 11) is -14.3. The number of fused-ring (bicyclic) bond motifs is 1. The minimum absolute atomic E-state index is 0. The number of nitrogens with one attached hydrogen (secondary N) is 1. The molecular formula is C34H28N10Na2O9S3. The topological polar surface area (TPSA) is 327 Å². The van der Waals surface area contributed by atoms with Crippen molar-refractivity contribution in [2.24, 2.45) is 30.7 Å². The van der Waals surface area contributed by atoms with E-state index in [-0.39, 0.29) is 91.8 Å². The third kappa shape index (κ3) is 10.6. The molecule has 0 aliphatic heterocycles. The van der Waals surface area contributed by atoms with Crippen LogP contribution >= 0.6 is 0 Å². The summed E-state index contributed by atoms with van der Waals surface area (Å²) in [5.74, 6) is -0.912. The number of hydrogen-bond acceptors (Lipinski definition) is 16. The fourth-order valence-electron chi connectivity index (χ4n) is 5.09. The Morgan fingerprint density at radius 1 is 0.552 bits per heavy atom. The van der Waals surface area contributed by atoms with Crippen LogP contribution in [0.4, 0.5) is 56.9 Å². The van der Waals surface area contributed by atoms with Gasteiger partial charge < -0.3 is 22.3 Å². The first kappa shape index (κ1) is 45.8. The van der Waals surface area contributed by atoms with Crippen LogP contribution in [0.25, 0.3) is 10.8 Å². The van der Waals surface area contributed by atoms with Crippen LogP contribution in [0.1, 0.15) is 0 Å². The predicted octanol–water partition coefficient (Wildman–Crippen LogP) is 7.07. The number of phenolic OH excluding ortho intramolecular Hbond substituents is 1. The third-order valence-electron chi connectivity index (χ3n) is 7.75. The molecule has 0 atom stereocenters. The molecule has 10 N–H and O–H groups in total. The zero-order valence-corrected chi connectivity index (χ0v) is 36.8. The number of azo groups is 3. The van der Waals surface area contributed by atoms with Gasteiger partial charge in [-0.15, -0.1) is 15.3 Å². The minimum Gasteiger partial charge on any atom is -0.505 e. The largest absolute Gasteiger partial charge is 0.505 e. The van der Waals surface area contributed by atoms with E-state index in [1.807, 2.05) is 0 Å². The van der Waals surface area contributed by atoms with Crippen molar-refractivity contribution in [1.29, 1.82) is 0 Å². The average molecular weight is 863 g/mol. The number of nitrogen functional groups attached to an aromatic ring is 3. The molecule has 58 heavy (non-hydrogen) atoms. The quantitative estimate of drug-likeness (QED) is 0.0298. The molecule has 0 saturated heterocycles. The smallest absolute Gasteiger partial charge is 0.296 e. The van der Waals surface area contributed by atoms with Crippen molar-refractivity contribution in [2.45, 2.75) is 14.7 Å². The van der Waals surface area contributed by atoms with Crippen molar-refractivity contribution in [3.8, 4) is 5.75 Å². The molecule has 288 valence electrons. The molecular weight excluding hydrogens is 835 g/mol. The first-order chi connectivity index (χ1) is 26.4. The molecule has 0 heterocycles. The van der Waals surface area contributed by atoms with Gasteiger partial charge in [0.25, 0.3) is 30.3 Å². The van der Waals surface area contributed by atoms with Crippen LogP contribution in [-0.4, -0.2) is 98.6 Å². The number of rotatable bonds is 11. The Morgan fingerprint density at radius 2 is 1.05 bits per heavy atom. The zero-order chi connectivity index (χ0) is 40.4. The van der Waals surface area contributed by atoms with Crippen LogP contribution in [0.3, 0.4) is 0 Å². The molecule has 0 saturated carbocycles. The van der Waals surface area contributed by atoms with E-state index in [0.717, 1.165) is 12.1 Å². The van der Waals surface area contributed by atoms with Gasteiger partial charge in [-0.2, -0.15) is 32.2 Å². The van der Waals surface area contributed by atoms with Crippen LogP contribution in [0.15, 0.2) is 155 Å². The zero-order valence-electron chi connectivity index (χ0n) is 30.3. The van der Waals surface area contributed by atoms with Gasteiger partial charge in [0, 0.05) is 70.5 Å². The second-order valence-corrected chi connectivity index (χ2v) is 16.1. The maximum atomic E-state index is 13.1. The van der Waals surface area contributed by atoms with E-state index in [1.54, 1.807) is 30.3 Å². The Morgan fingerprint density at radius 3 is 1.60 bits per heavy atom. The van der Waals surface area contributed by atoms with Crippen molar-refractivity contribution >= 4 is 157 Å². The van der Waals surface area contributed by atoms with Crippen LogP contribution in [0.2, 0.25) is 0 Å². The van der Waals surface area contributed by atoms with Gasteiger partial charge in [-0.1, -0.05) is 18.2 Å². The molecule has 0 aliphatic rings. The van der Waals surface area contributed by atoms with Gasteiger partial charge in [0.15, 0.2) is 5.75 Å². The van der Waals surface area contributed by atoms with Crippen LogP contribution in [0.5, 0.6) is 5.75 Å². The number of benzene rings is 6. The fourth-order valence-corrected chi connectivity index (χ4v) is 7.48. The van der Waals surface area contributed by atoms with Gasteiger partial charge >= 0.3 is 0 Å². The standard InChI is InChI=1S/C34H28N10O9S3.2Na/c35-20-6-15-27(26(36)18-20)41-38-23-11-13-25(14-12-23)54(46,47)44-24-9-7-22(8-10-24)40-42-32-28(55(48,49)50)16-19-17-29(56(51,52)53)33(34(45)30(19)31(32)37)43-39-21-4-2-1-3-5-21;;/h1-18,44-45H,35-37H2,(H,48,49,50)(H,51,52,53);;. The Bertz CT molecular complexity index is 2940. The minimum atomic E-state index is -5.11. The summed E-state index contributed by atoms with van der Waals surface area (Å²) in [6.07, 6.45) is 0. The molecule has 0 aromatic heterocycles. The van der Waals surface area contributed by atoms with E-state index in [9.17, 15) is 39.5 Å². The summed E-state index contributed by atoms with van der Waals surface area (Å²) in [4.78, 5) is -1.95. The predicted molar refractivity (Wildman–Crippen MR) is 219 cm³/mol. The summed E-state index contributed by atoms with van der Waals surface area (Å²) in [5, 5.41) is 34.2. The molecule has 0 fully saturated rings. The van der Waals surface area contributed by atoms with Gasteiger partial charge in [0.1, 0.15) is 26.9 Å². The molecule has 19 nitrogen and oxygen atoms in total. The van der Waals surface area contributed by atoms with E-state index in [1.165, 1.54) is 66.7 Å². The average Bonchev–Trinajstić information content (AvgIpc) is 3.13. The van der Waals surface area contributed by atoms with Crippen LogP contribution < -0.4 is 21.9 Å². The van der Waals surface area contributed by atoms with Gasteiger partial charge in [-0.25, -0.2) is 8.42 Å². The second kappa shape index (κ2) is 18.4. The molecule has 6 rings (SSSR count). The van der Waals surface area contributed by atoms with Crippen LogP contribution in [0, 0.1) is 0 Å². The number of aromatic hydroxyl groups is 1. The third-order valence-corrected chi connectivity index (χ3v) is 10.9. The summed E-state index contributed by atoms with van der Waals surface area (Å²) in [6, 6.07) is 25.1. The molecule has 6 aromatic rings. The van der Waals surface area contributed by atoms with E-state index in [4.69, 9.17) is 17.2 Å². The summed E-state index contributed by atoms with van der Waals surface area (Å²) < 4.78 is 97.9. The fraction of sp³-hybridized carbons (Fsp3) is 0. The van der Waals surface area contributed by atoms with Crippen molar-refractivity contribution in [2.75, 3.05) is 21.9 Å². The van der Waals surface area contributed by atoms with Gasteiger partial charge in [0.2, 0.25) is 0 Å². The number of sulfonamides is 1. The number of nitrogens with two attached hydrogens (primary N) is 3. The van der Waals surface area contributed by atoms with Crippen molar-refractivity contribution in [1.82, 2.24) is 0 Å². The maximum Gasteiger partial charge on any atom is 0.296 e. The van der Waals surface area contributed by atoms with Gasteiger partial charge in [0.05, 0.1) is 38.7 Å². The van der Waals surface area contributed by atoms with E-state index < -0.39 is 62.9 Å². The van der Waals surface area contributed by atoms with Gasteiger partial charge in [-0.05, 0) is 96.4 Å². The number of nitrogens with zero attached hydrogens (tertiary/aromatic N) is 6. The summed E-state index contributed by atoms with van der Waals surface area (Å²) in [5.41, 5.74) is 17.8. The maximum absolute atomic E-state index is 13.1. The number of anilines is 4. The Kier molecular flexibility index (Phi) is 14.5. The molecule has 0 amide bonds. The Labute approximate surface area is 375 Å². The second-order valence-electron chi connectivity index (χ2n) is 11.7. The molecule has 0 aliphatic carbocycles. The normalized spacial score (nSPS) is 12.2. The van der Waals surface area contributed by atoms with Gasteiger partial charge in [-0.3, -0.25) is 13.8 Å². The Balaban J connectivity index is 0.00000372. The van der Waals surface area contributed by atoms with Crippen molar-refractivity contribution < 1.29 is 39.5 Å². The molecule has 6 aromatic carbocycles. The van der Waals surface area contributed by atoms with Crippen molar-refractivity contribution in [3.63, 3.8) is 0 Å². The Hall–Kier alpha value is -4.85. The SMILES string of the molecule is Nc1ccc(N=Nc2ccc(S(=O)(=O)Nc3ccc(N=Nc4c(S(=O)(=O)O)cc5cc(S(=O)(=O)O)c(N=Nc6ccccc6)c(O)c5c4N)cc3)cc2)c(N)c1.[Na].[Na]. The van der Waals surface area contributed by atoms with E-state index in [0.29, 0.717) is 22.7 Å². The van der Waals surface area contributed by atoms with Crippen molar-refractivity contribution in [3.05, 3.63) is 109 Å². The monoisotopic (exact) mass is 862 g/mol. The first-order valence-corrected chi connectivity index (χ1v) is 20.0. The molecule has 0 spiro atoms. The van der Waals surface area contributed by atoms with E-state index in [2.05, 4.69) is 35.4 Å². The van der Waals surface area contributed by atoms with Crippen LogP contribution in [-0.2, 0) is 30.3 Å². The molecule has 0 bridgehead atoms. The summed E-state index contributed by atoms with van der Waals surface area (Å²) >= 11 is 0. The van der Waals surface area contributed by atoms with E-state index >= 15 is 0 Å². The first-order valence-electron chi connectivity index (χ1n) is 15.7.